The molecule has 0 saturated carbocycles. The van der Waals surface area contributed by atoms with Crippen LogP contribution >= 0.6 is 12.2 Å². The number of hydrogen-bond donors (Lipinski definition) is 2. The van der Waals surface area contributed by atoms with Gasteiger partial charge in [0, 0.05) is 35.9 Å². The highest BCUT2D eigenvalue weighted by Crippen LogP contribution is 2.44. The van der Waals surface area contributed by atoms with Crippen molar-refractivity contribution in [2.24, 2.45) is 0 Å². The van der Waals surface area contributed by atoms with E-state index in [2.05, 4.69) is 56.3 Å². The van der Waals surface area contributed by atoms with Crippen LogP contribution in [0.15, 0.2) is 85.1 Å². The van der Waals surface area contributed by atoms with Gasteiger partial charge in [0.05, 0.1) is 24.5 Å². The number of ether oxygens (including phenoxy) is 1. The Bertz CT molecular complexity index is 1400. The van der Waals surface area contributed by atoms with Gasteiger partial charge < -0.3 is 24.8 Å². The lowest BCUT2D eigenvalue weighted by Crippen LogP contribution is -2.30. The van der Waals surface area contributed by atoms with E-state index in [4.69, 9.17) is 17.0 Å². The van der Waals surface area contributed by atoms with Crippen LogP contribution in [0.25, 0.3) is 5.69 Å². The molecule has 2 atom stereocenters. The molecule has 1 fully saturated rings. The normalized spacial score (nSPS) is 17.1. The molecule has 2 N–H and O–H groups in total. The van der Waals surface area contributed by atoms with Crippen LogP contribution in [0.4, 0.5) is 11.4 Å². The molecule has 0 spiro atoms. The molecular formula is C28H27N5O2S. The first-order valence-electron chi connectivity index (χ1n) is 11.7. The smallest absolute Gasteiger partial charge is 0.221 e. The number of anilines is 2. The van der Waals surface area contributed by atoms with Crippen molar-refractivity contribution in [3.8, 4) is 11.4 Å². The summed E-state index contributed by atoms with van der Waals surface area (Å²) in [6.07, 6.45) is 1.80. The number of nitrogens with zero attached hydrogens (tertiary/aromatic N) is 3. The summed E-state index contributed by atoms with van der Waals surface area (Å²) >= 11 is 5.89. The summed E-state index contributed by atoms with van der Waals surface area (Å²) in [5.41, 5.74) is 5.56. The molecular weight excluding hydrogens is 470 g/mol. The highest BCUT2D eigenvalue weighted by molar-refractivity contribution is 7.80. The molecule has 0 aliphatic carbocycles. The predicted octanol–water partition coefficient (Wildman–Crippen LogP) is 5.32. The number of rotatable bonds is 6. The number of para-hydroxylation sites is 1. The number of benzene rings is 2. The lowest BCUT2D eigenvalue weighted by atomic mass is 10.0. The number of thiocarbonyl (C=S) groups is 1. The fourth-order valence-electron chi connectivity index (χ4n) is 4.79. The van der Waals surface area contributed by atoms with E-state index in [0.717, 1.165) is 28.5 Å². The second kappa shape index (κ2) is 9.83. The highest BCUT2D eigenvalue weighted by Gasteiger charge is 2.42. The molecule has 5 rings (SSSR count). The Balaban J connectivity index is 1.69. The molecule has 4 aromatic rings. The molecule has 1 aliphatic heterocycles. The second-order valence-electron chi connectivity index (χ2n) is 8.63. The molecule has 3 heterocycles. The highest BCUT2D eigenvalue weighted by atomic mass is 32.1. The van der Waals surface area contributed by atoms with Crippen molar-refractivity contribution in [2.75, 3.05) is 17.3 Å². The van der Waals surface area contributed by atoms with Crippen LogP contribution in [0.3, 0.4) is 0 Å². The third-order valence-corrected chi connectivity index (χ3v) is 6.61. The number of aromatic nitrogens is 2. The summed E-state index contributed by atoms with van der Waals surface area (Å²) < 4.78 is 7.73. The van der Waals surface area contributed by atoms with E-state index in [1.54, 1.807) is 13.3 Å². The number of methoxy groups -OCH3 is 1. The standard InChI is InChI=1S/C28H27N5O2S/c1-18-12-14-24(32(18)20-9-5-4-6-10-20)27-26(22-11-7-8-16-29-22)31-28(36)33(27)21-13-15-25(35-3)23(17-21)30-19(2)34/h4-17,26-27H,1-3H3,(H,30,34)(H,31,36)/t26-,27-/m1/s1. The molecule has 8 heteroatoms. The molecule has 2 aromatic carbocycles. The fourth-order valence-corrected chi connectivity index (χ4v) is 5.13. The van der Waals surface area contributed by atoms with Gasteiger partial charge in [-0.05, 0) is 73.7 Å². The predicted molar refractivity (Wildman–Crippen MR) is 146 cm³/mol. The minimum atomic E-state index is -0.208. The Morgan fingerprint density at radius 3 is 2.50 bits per heavy atom. The van der Waals surface area contributed by atoms with Crippen LogP contribution in [0.5, 0.6) is 5.75 Å². The molecule has 7 nitrogen and oxygen atoms in total. The van der Waals surface area contributed by atoms with E-state index < -0.39 is 0 Å². The van der Waals surface area contributed by atoms with Crippen molar-refractivity contribution in [1.29, 1.82) is 0 Å². The van der Waals surface area contributed by atoms with Crippen LogP contribution in [0, 0.1) is 6.92 Å². The maximum absolute atomic E-state index is 11.9. The van der Waals surface area contributed by atoms with Gasteiger partial charge >= 0.3 is 0 Å². The average molecular weight is 498 g/mol. The third-order valence-electron chi connectivity index (χ3n) is 6.29. The molecule has 182 valence electrons. The zero-order valence-electron chi connectivity index (χ0n) is 20.3. The van der Waals surface area contributed by atoms with Crippen LogP contribution in [-0.4, -0.2) is 27.7 Å². The largest absolute Gasteiger partial charge is 0.495 e. The lowest BCUT2D eigenvalue weighted by Gasteiger charge is -2.30. The Labute approximate surface area is 215 Å². The third kappa shape index (κ3) is 4.31. The van der Waals surface area contributed by atoms with Gasteiger partial charge in [0.2, 0.25) is 5.91 Å². The Morgan fingerprint density at radius 1 is 1.03 bits per heavy atom. The van der Waals surface area contributed by atoms with Gasteiger partial charge in [0.15, 0.2) is 5.11 Å². The zero-order chi connectivity index (χ0) is 25.2. The van der Waals surface area contributed by atoms with E-state index in [1.807, 2.05) is 54.6 Å². The lowest BCUT2D eigenvalue weighted by molar-refractivity contribution is -0.114. The molecule has 1 aliphatic rings. The van der Waals surface area contributed by atoms with Gasteiger partial charge in [0.25, 0.3) is 0 Å². The molecule has 0 bridgehead atoms. The van der Waals surface area contributed by atoms with Gasteiger partial charge in [-0.2, -0.15) is 0 Å². The van der Waals surface area contributed by atoms with Gasteiger partial charge in [-0.25, -0.2) is 0 Å². The molecule has 1 amide bonds. The van der Waals surface area contributed by atoms with Gasteiger partial charge in [0.1, 0.15) is 11.8 Å². The van der Waals surface area contributed by atoms with Crippen LogP contribution in [0.1, 0.15) is 36.1 Å². The van der Waals surface area contributed by atoms with Crippen molar-refractivity contribution in [1.82, 2.24) is 14.9 Å². The summed E-state index contributed by atoms with van der Waals surface area (Å²) in [5.74, 6) is 0.400. The summed E-state index contributed by atoms with van der Waals surface area (Å²) in [5, 5.41) is 6.95. The van der Waals surface area contributed by atoms with Crippen LogP contribution in [-0.2, 0) is 4.79 Å². The molecule has 0 radical (unpaired) electrons. The van der Waals surface area contributed by atoms with Crippen molar-refractivity contribution in [2.45, 2.75) is 25.9 Å². The summed E-state index contributed by atoms with van der Waals surface area (Å²) in [7, 11) is 1.58. The summed E-state index contributed by atoms with van der Waals surface area (Å²) in [6, 6.07) is 25.7. The number of nitrogens with one attached hydrogen (secondary N) is 2. The summed E-state index contributed by atoms with van der Waals surface area (Å²) in [4.78, 5) is 18.6. The number of hydrogen-bond acceptors (Lipinski definition) is 4. The number of carbonyl (C=O) groups is 1. The Kier molecular flexibility index (Phi) is 6.43. The first-order valence-corrected chi connectivity index (χ1v) is 12.1. The number of carbonyl (C=O) groups excluding carboxylic acids is 1. The molecule has 2 aromatic heterocycles. The molecule has 36 heavy (non-hydrogen) atoms. The molecule has 1 saturated heterocycles. The number of pyridine rings is 1. The zero-order valence-corrected chi connectivity index (χ0v) is 21.1. The van der Waals surface area contributed by atoms with Gasteiger partial charge in [-0.15, -0.1) is 0 Å². The minimum absolute atomic E-state index is 0.177. The maximum Gasteiger partial charge on any atom is 0.221 e. The average Bonchev–Trinajstić information content (AvgIpc) is 3.44. The number of aryl methyl sites for hydroxylation is 1. The van der Waals surface area contributed by atoms with E-state index in [0.29, 0.717) is 16.5 Å². The minimum Gasteiger partial charge on any atom is -0.495 e. The van der Waals surface area contributed by atoms with Crippen molar-refractivity contribution < 1.29 is 9.53 Å². The van der Waals surface area contributed by atoms with Crippen molar-refractivity contribution >= 4 is 34.6 Å². The number of amides is 1. The van der Waals surface area contributed by atoms with Crippen LogP contribution in [0.2, 0.25) is 0 Å². The first-order chi connectivity index (χ1) is 17.5. The quantitative estimate of drug-likeness (QED) is 0.351. The SMILES string of the molecule is COc1ccc(N2C(=S)N[C@H](c3ccccn3)[C@H]2c2ccc(C)n2-c2ccccc2)cc1NC(C)=O. The van der Waals surface area contributed by atoms with Gasteiger partial charge in [-0.3, -0.25) is 9.78 Å². The molecule has 0 unspecified atom stereocenters. The Hall–Kier alpha value is -4.17. The summed E-state index contributed by atoms with van der Waals surface area (Å²) in [6.45, 7) is 3.57. The van der Waals surface area contributed by atoms with Crippen LogP contribution < -0.4 is 20.3 Å². The van der Waals surface area contributed by atoms with E-state index in [9.17, 15) is 4.79 Å². The van der Waals surface area contributed by atoms with E-state index in [-0.39, 0.29) is 18.0 Å². The van der Waals surface area contributed by atoms with Crippen molar-refractivity contribution in [3.63, 3.8) is 0 Å². The first kappa shape index (κ1) is 23.6. The fraction of sp³-hybridized carbons (Fsp3) is 0.179. The second-order valence-corrected chi connectivity index (χ2v) is 9.02. The monoisotopic (exact) mass is 497 g/mol. The van der Waals surface area contributed by atoms with Gasteiger partial charge in [-0.1, -0.05) is 24.3 Å². The van der Waals surface area contributed by atoms with Crippen molar-refractivity contribution in [3.05, 3.63) is 102 Å². The topological polar surface area (TPSA) is 71.4 Å². The maximum atomic E-state index is 11.9. The van der Waals surface area contributed by atoms with E-state index >= 15 is 0 Å². The van der Waals surface area contributed by atoms with E-state index in [1.165, 1.54) is 6.92 Å². The Morgan fingerprint density at radius 2 is 1.81 bits per heavy atom.